The molecule has 2 atom stereocenters. The maximum atomic E-state index is 14.7. The molecule has 6 nitrogen and oxygen atoms in total. The SMILES string of the molecule is O=C1[C@@H](NS(=O)(=O)/C=C/c2ccc(Cl)s2)CCN1c1ccc([C@@H]2CCCN2)cc1F. The molecule has 2 fully saturated rings. The number of halogens is 2. The van der Waals surface area contributed by atoms with Crippen molar-refractivity contribution in [3.63, 3.8) is 0 Å². The van der Waals surface area contributed by atoms with Crippen LogP contribution in [0.2, 0.25) is 4.34 Å². The second-order valence-electron chi connectivity index (χ2n) is 7.30. The molecule has 2 saturated heterocycles. The van der Waals surface area contributed by atoms with Crippen LogP contribution in [0.1, 0.15) is 35.7 Å². The molecule has 2 N–H and O–H groups in total. The summed E-state index contributed by atoms with van der Waals surface area (Å²) in [5.41, 5.74) is 1.03. The van der Waals surface area contributed by atoms with Crippen molar-refractivity contribution in [3.05, 3.63) is 56.3 Å². The van der Waals surface area contributed by atoms with E-state index in [2.05, 4.69) is 10.0 Å². The Bertz CT molecular complexity index is 1080. The Hall–Kier alpha value is -1.78. The van der Waals surface area contributed by atoms with E-state index in [0.29, 0.717) is 9.21 Å². The predicted octanol–water partition coefficient (Wildman–Crippen LogP) is 3.66. The molecule has 0 radical (unpaired) electrons. The summed E-state index contributed by atoms with van der Waals surface area (Å²) in [6.45, 7) is 1.16. The highest BCUT2D eigenvalue weighted by Crippen LogP contribution is 2.30. The number of benzene rings is 1. The summed E-state index contributed by atoms with van der Waals surface area (Å²) in [5, 5.41) is 4.33. The van der Waals surface area contributed by atoms with Crippen LogP contribution in [-0.4, -0.2) is 33.5 Å². The van der Waals surface area contributed by atoms with E-state index >= 15 is 0 Å². The molecule has 2 aliphatic heterocycles. The number of anilines is 1. The normalized spacial score (nSPS) is 22.5. The molecule has 10 heteroatoms. The lowest BCUT2D eigenvalue weighted by Gasteiger charge is -2.19. The third-order valence-corrected chi connectivity index (χ3v) is 7.55. The van der Waals surface area contributed by atoms with Gasteiger partial charge in [0.15, 0.2) is 0 Å². The zero-order chi connectivity index (χ0) is 21.3. The molecule has 4 rings (SSSR count). The van der Waals surface area contributed by atoms with Crippen LogP contribution in [0.3, 0.4) is 0 Å². The minimum atomic E-state index is -3.84. The number of rotatable bonds is 6. The van der Waals surface area contributed by atoms with Crippen LogP contribution >= 0.6 is 22.9 Å². The van der Waals surface area contributed by atoms with E-state index in [4.69, 9.17) is 11.6 Å². The van der Waals surface area contributed by atoms with Gasteiger partial charge in [-0.25, -0.2) is 12.8 Å². The summed E-state index contributed by atoms with van der Waals surface area (Å²) < 4.78 is 42.3. The lowest BCUT2D eigenvalue weighted by atomic mass is 10.0. The fourth-order valence-electron chi connectivity index (χ4n) is 3.77. The van der Waals surface area contributed by atoms with Crippen LogP contribution in [-0.2, 0) is 14.8 Å². The van der Waals surface area contributed by atoms with Crippen LogP contribution in [0.25, 0.3) is 6.08 Å². The van der Waals surface area contributed by atoms with Gasteiger partial charge >= 0.3 is 0 Å². The molecule has 30 heavy (non-hydrogen) atoms. The monoisotopic (exact) mass is 469 g/mol. The van der Waals surface area contributed by atoms with E-state index in [0.717, 1.165) is 30.4 Å². The topological polar surface area (TPSA) is 78.5 Å². The fraction of sp³-hybridized carbons (Fsp3) is 0.350. The molecule has 1 aromatic carbocycles. The minimum Gasteiger partial charge on any atom is -0.310 e. The lowest BCUT2D eigenvalue weighted by Crippen LogP contribution is -2.40. The number of sulfonamides is 1. The minimum absolute atomic E-state index is 0.132. The maximum Gasteiger partial charge on any atom is 0.245 e. The average Bonchev–Trinajstić information content (AvgIpc) is 3.44. The number of carbonyl (C=O) groups is 1. The first-order chi connectivity index (χ1) is 14.3. The van der Waals surface area contributed by atoms with Crippen molar-refractivity contribution in [1.29, 1.82) is 0 Å². The predicted molar refractivity (Wildman–Crippen MR) is 118 cm³/mol. The molecule has 0 aliphatic carbocycles. The van der Waals surface area contributed by atoms with E-state index in [1.807, 2.05) is 6.07 Å². The van der Waals surface area contributed by atoms with Crippen LogP contribution in [0.4, 0.5) is 10.1 Å². The summed E-state index contributed by atoms with van der Waals surface area (Å²) in [6.07, 6.45) is 3.69. The molecular formula is C20H21ClFN3O3S2. The first-order valence-electron chi connectivity index (χ1n) is 9.62. The number of nitrogens with one attached hydrogen (secondary N) is 2. The number of carbonyl (C=O) groups excluding carboxylic acids is 1. The van der Waals surface area contributed by atoms with Gasteiger partial charge < -0.3 is 10.2 Å². The summed E-state index contributed by atoms with van der Waals surface area (Å²) in [7, 11) is -3.84. The van der Waals surface area contributed by atoms with E-state index in [9.17, 15) is 17.6 Å². The van der Waals surface area contributed by atoms with Gasteiger partial charge in [-0.05, 0) is 61.7 Å². The third kappa shape index (κ3) is 4.76. The number of hydrogen-bond donors (Lipinski definition) is 2. The summed E-state index contributed by atoms with van der Waals surface area (Å²) >= 11 is 7.08. The van der Waals surface area contributed by atoms with Gasteiger partial charge in [-0.2, -0.15) is 4.72 Å². The van der Waals surface area contributed by atoms with E-state index in [1.165, 1.54) is 28.4 Å². The molecule has 160 valence electrons. The second-order valence-corrected chi connectivity index (χ2v) is 10.6. The lowest BCUT2D eigenvalue weighted by molar-refractivity contribution is -0.118. The molecule has 0 saturated carbocycles. The summed E-state index contributed by atoms with van der Waals surface area (Å²) in [5.74, 6) is -0.940. The fourth-order valence-corrected chi connectivity index (χ4v) is 5.84. The van der Waals surface area contributed by atoms with E-state index in [1.54, 1.807) is 18.2 Å². The zero-order valence-corrected chi connectivity index (χ0v) is 18.4. The summed E-state index contributed by atoms with van der Waals surface area (Å²) in [6, 6.07) is 7.45. The van der Waals surface area contributed by atoms with Gasteiger partial charge in [-0.3, -0.25) is 4.79 Å². The molecule has 0 bridgehead atoms. The van der Waals surface area contributed by atoms with Gasteiger partial charge in [0.1, 0.15) is 11.9 Å². The Morgan fingerprint density at radius 1 is 1.27 bits per heavy atom. The smallest absolute Gasteiger partial charge is 0.245 e. The zero-order valence-electron chi connectivity index (χ0n) is 16.0. The van der Waals surface area contributed by atoms with E-state index < -0.39 is 27.8 Å². The quantitative estimate of drug-likeness (QED) is 0.676. The Balaban J connectivity index is 1.44. The van der Waals surface area contributed by atoms with Gasteiger partial charge in [0.25, 0.3) is 0 Å². The van der Waals surface area contributed by atoms with Crippen LogP contribution in [0, 0.1) is 5.82 Å². The third-order valence-electron chi connectivity index (χ3n) is 5.24. The highest BCUT2D eigenvalue weighted by atomic mass is 35.5. The van der Waals surface area contributed by atoms with Crippen molar-refractivity contribution >= 4 is 50.6 Å². The Labute approximate surface area is 183 Å². The van der Waals surface area contributed by atoms with Gasteiger partial charge in [0.2, 0.25) is 15.9 Å². The van der Waals surface area contributed by atoms with Crippen molar-refractivity contribution < 1.29 is 17.6 Å². The molecular weight excluding hydrogens is 449 g/mol. The second kappa shape index (κ2) is 8.76. The number of thiophene rings is 1. The number of nitrogens with zero attached hydrogens (tertiary/aromatic N) is 1. The largest absolute Gasteiger partial charge is 0.310 e. The average molecular weight is 470 g/mol. The number of hydrogen-bond acceptors (Lipinski definition) is 5. The molecule has 3 heterocycles. The molecule has 2 aliphatic rings. The van der Waals surface area contributed by atoms with Crippen LogP contribution < -0.4 is 14.9 Å². The van der Waals surface area contributed by atoms with Crippen molar-refractivity contribution in [2.24, 2.45) is 0 Å². The first-order valence-corrected chi connectivity index (χ1v) is 12.4. The van der Waals surface area contributed by atoms with Crippen molar-refractivity contribution in [1.82, 2.24) is 10.0 Å². The highest BCUT2D eigenvalue weighted by Gasteiger charge is 2.36. The van der Waals surface area contributed by atoms with Crippen LogP contribution in [0.15, 0.2) is 35.7 Å². The van der Waals surface area contributed by atoms with Crippen molar-refractivity contribution in [2.75, 3.05) is 18.0 Å². The van der Waals surface area contributed by atoms with Gasteiger partial charge in [-0.1, -0.05) is 17.7 Å². The van der Waals surface area contributed by atoms with E-state index in [-0.39, 0.29) is 24.7 Å². The van der Waals surface area contributed by atoms with Crippen molar-refractivity contribution in [2.45, 2.75) is 31.3 Å². The van der Waals surface area contributed by atoms with Crippen LogP contribution in [0.5, 0.6) is 0 Å². The summed E-state index contributed by atoms with van der Waals surface area (Å²) in [4.78, 5) is 14.7. The van der Waals surface area contributed by atoms with Gasteiger partial charge in [0.05, 0.1) is 10.0 Å². The molecule has 2 aromatic rings. The molecule has 0 unspecified atom stereocenters. The first kappa shape index (κ1) is 21.5. The standard InChI is InChI=1S/C20H21ClFN3O3S2/c21-19-6-4-14(29-19)8-11-30(27,28)24-17-7-10-25(20(17)26)18-5-3-13(12-15(18)22)16-2-1-9-23-16/h3-6,8,11-12,16-17,23-24H,1-2,7,9-10H2/b11-8+/t16-,17-/m0/s1. The molecule has 1 aromatic heterocycles. The van der Waals surface area contributed by atoms with Gasteiger partial charge in [0, 0.05) is 22.9 Å². The van der Waals surface area contributed by atoms with Crippen molar-refractivity contribution in [3.8, 4) is 0 Å². The van der Waals surface area contributed by atoms with Gasteiger partial charge in [-0.15, -0.1) is 11.3 Å². The molecule has 0 spiro atoms. The maximum absolute atomic E-state index is 14.7. The Kier molecular flexibility index (Phi) is 6.26. The Morgan fingerprint density at radius 3 is 2.77 bits per heavy atom. The number of amides is 1. The highest BCUT2D eigenvalue weighted by molar-refractivity contribution is 7.92. The Morgan fingerprint density at radius 2 is 2.10 bits per heavy atom. The molecule has 1 amide bonds.